The molecule has 43 heavy (non-hydrogen) atoms. The van der Waals surface area contributed by atoms with Crippen molar-refractivity contribution < 1.29 is 27.1 Å². The van der Waals surface area contributed by atoms with Crippen LogP contribution in [0.2, 0.25) is 0 Å². The molecule has 0 aliphatic rings. The minimum atomic E-state index is -4.27. The van der Waals surface area contributed by atoms with Crippen LogP contribution in [0.15, 0.2) is 108 Å². The molecule has 0 saturated carbocycles. The molecule has 4 aromatic rings. The molecule has 1 unspecified atom stereocenters. The van der Waals surface area contributed by atoms with Crippen molar-refractivity contribution in [3.8, 4) is 5.75 Å². The predicted molar refractivity (Wildman–Crippen MR) is 164 cm³/mol. The lowest BCUT2D eigenvalue weighted by Gasteiger charge is -2.34. The summed E-state index contributed by atoms with van der Waals surface area (Å²) >= 11 is 0. The molecular weight excluding hydrogens is 569 g/mol. The Labute approximate surface area is 251 Å². The lowest BCUT2D eigenvalue weighted by Crippen LogP contribution is -2.53. The minimum Gasteiger partial charge on any atom is -0.495 e. The average Bonchev–Trinajstić information content (AvgIpc) is 3.02. The number of aryl methyl sites for hydroxylation is 1. The fourth-order valence-corrected chi connectivity index (χ4v) is 6.17. The molecule has 0 aromatic heterocycles. The summed E-state index contributed by atoms with van der Waals surface area (Å²) < 4.78 is 48.5. The maximum Gasteiger partial charge on any atom is 0.264 e. The minimum absolute atomic E-state index is 0.0106. The molecule has 0 radical (unpaired) electrons. The molecule has 4 rings (SSSR count). The number of halogens is 1. The first-order chi connectivity index (χ1) is 20.6. The molecule has 224 valence electrons. The van der Waals surface area contributed by atoms with Gasteiger partial charge < -0.3 is 15.0 Å². The van der Waals surface area contributed by atoms with E-state index in [-0.39, 0.29) is 29.3 Å². The van der Waals surface area contributed by atoms with Crippen molar-refractivity contribution in [2.45, 2.75) is 30.8 Å². The van der Waals surface area contributed by atoms with Gasteiger partial charge in [0.15, 0.2) is 0 Å². The van der Waals surface area contributed by atoms with Gasteiger partial charge in [-0.3, -0.25) is 13.9 Å². The van der Waals surface area contributed by atoms with Crippen LogP contribution in [0, 0.1) is 12.7 Å². The molecule has 8 nitrogen and oxygen atoms in total. The second kappa shape index (κ2) is 14.0. The Bertz CT molecular complexity index is 1650. The fraction of sp³-hybridized carbons (Fsp3) is 0.212. The molecule has 10 heteroatoms. The summed E-state index contributed by atoms with van der Waals surface area (Å²) in [4.78, 5) is 29.0. The lowest BCUT2D eigenvalue weighted by atomic mass is 10.0. The summed E-state index contributed by atoms with van der Waals surface area (Å²) in [5, 5.41) is 2.64. The van der Waals surface area contributed by atoms with E-state index in [0.717, 1.165) is 15.4 Å². The number of methoxy groups -OCH3 is 1. The van der Waals surface area contributed by atoms with Gasteiger partial charge in [-0.15, -0.1) is 0 Å². The van der Waals surface area contributed by atoms with Gasteiger partial charge in [0.1, 0.15) is 24.2 Å². The first kappa shape index (κ1) is 31.2. The van der Waals surface area contributed by atoms with Crippen molar-refractivity contribution in [1.82, 2.24) is 10.2 Å². The van der Waals surface area contributed by atoms with Crippen molar-refractivity contribution in [3.63, 3.8) is 0 Å². The van der Waals surface area contributed by atoms with Gasteiger partial charge in [-0.1, -0.05) is 66.7 Å². The van der Waals surface area contributed by atoms with Crippen molar-refractivity contribution in [1.29, 1.82) is 0 Å². The largest absolute Gasteiger partial charge is 0.495 e. The molecule has 0 spiro atoms. The van der Waals surface area contributed by atoms with Gasteiger partial charge in [0.25, 0.3) is 10.0 Å². The quantitative estimate of drug-likeness (QED) is 0.253. The first-order valence-corrected chi connectivity index (χ1v) is 15.1. The van der Waals surface area contributed by atoms with Crippen LogP contribution in [-0.4, -0.2) is 51.9 Å². The fourth-order valence-electron chi connectivity index (χ4n) is 4.74. The van der Waals surface area contributed by atoms with Gasteiger partial charge in [-0.2, -0.15) is 0 Å². The van der Waals surface area contributed by atoms with E-state index in [9.17, 15) is 22.4 Å². The second-order valence-electron chi connectivity index (χ2n) is 9.97. The number of hydrogen-bond donors (Lipinski definition) is 1. The lowest BCUT2D eigenvalue weighted by molar-refractivity contribution is -0.139. The monoisotopic (exact) mass is 603 g/mol. The highest BCUT2D eigenvalue weighted by atomic mass is 32.2. The molecule has 1 atom stereocenters. The number of sulfonamides is 1. The third kappa shape index (κ3) is 7.58. The molecule has 0 aliphatic carbocycles. The summed E-state index contributed by atoms with van der Waals surface area (Å²) in [5.41, 5.74) is 2.32. The van der Waals surface area contributed by atoms with Crippen LogP contribution in [-0.2, 0) is 32.6 Å². The molecule has 0 bridgehead atoms. The number of hydrogen-bond acceptors (Lipinski definition) is 5. The van der Waals surface area contributed by atoms with Crippen molar-refractivity contribution in [2.75, 3.05) is 25.0 Å². The first-order valence-electron chi connectivity index (χ1n) is 13.7. The van der Waals surface area contributed by atoms with E-state index in [1.165, 1.54) is 55.5 Å². The van der Waals surface area contributed by atoms with E-state index in [1.54, 1.807) is 43.3 Å². The standard InChI is InChI=1S/C33H34FN3O5S/c1-24-14-19-31(42-3)29(20-24)37(43(40,41)28-12-8-5-9-13-28)23-32(38)36(22-26-15-17-27(34)18-16-26)30(33(39)35-2)21-25-10-6-4-7-11-25/h4-20,30H,21-23H2,1-3H3,(H,35,39). The molecule has 0 aliphatic heterocycles. The summed E-state index contributed by atoms with van der Waals surface area (Å²) in [6.07, 6.45) is 0.173. The smallest absolute Gasteiger partial charge is 0.264 e. The van der Waals surface area contributed by atoms with Gasteiger partial charge in [-0.05, 0) is 60.0 Å². The summed E-state index contributed by atoms with van der Waals surface area (Å²) in [5.74, 6) is -1.24. The average molecular weight is 604 g/mol. The number of rotatable bonds is 12. The molecule has 1 N–H and O–H groups in total. The van der Waals surface area contributed by atoms with Gasteiger partial charge >= 0.3 is 0 Å². The van der Waals surface area contributed by atoms with Crippen LogP contribution in [0.5, 0.6) is 5.75 Å². The number of nitrogens with zero attached hydrogens (tertiary/aromatic N) is 2. The molecule has 4 aromatic carbocycles. The molecule has 0 heterocycles. The van der Waals surface area contributed by atoms with Crippen molar-refractivity contribution in [3.05, 3.63) is 126 Å². The maximum absolute atomic E-state index is 14.3. The van der Waals surface area contributed by atoms with E-state index in [0.29, 0.717) is 5.56 Å². The number of ether oxygens (including phenoxy) is 1. The zero-order valence-corrected chi connectivity index (χ0v) is 25.1. The Hall–Kier alpha value is -4.70. The van der Waals surface area contributed by atoms with Crippen molar-refractivity contribution >= 4 is 27.5 Å². The van der Waals surface area contributed by atoms with Gasteiger partial charge in [-0.25, -0.2) is 12.8 Å². The molecule has 0 saturated heterocycles. The number of nitrogens with one attached hydrogen (secondary N) is 1. The summed E-state index contributed by atoms with van der Waals surface area (Å²) in [6, 6.07) is 26.7. The molecule has 0 fully saturated rings. The van der Waals surface area contributed by atoms with Crippen LogP contribution < -0.4 is 14.4 Å². The number of amides is 2. The normalized spacial score (nSPS) is 11.8. The van der Waals surface area contributed by atoms with Crippen LogP contribution >= 0.6 is 0 Å². The van der Waals surface area contributed by atoms with E-state index in [1.807, 2.05) is 30.3 Å². The van der Waals surface area contributed by atoms with Crippen molar-refractivity contribution in [2.24, 2.45) is 0 Å². The third-order valence-electron chi connectivity index (χ3n) is 7.00. The van der Waals surface area contributed by atoms with Crippen LogP contribution in [0.1, 0.15) is 16.7 Å². The second-order valence-corrected chi connectivity index (χ2v) is 11.8. The van der Waals surface area contributed by atoms with E-state index in [4.69, 9.17) is 4.74 Å². The topological polar surface area (TPSA) is 96.0 Å². The highest BCUT2D eigenvalue weighted by Gasteiger charge is 2.35. The zero-order chi connectivity index (χ0) is 31.0. The van der Waals surface area contributed by atoms with Crippen LogP contribution in [0.4, 0.5) is 10.1 Å². The highest BCUT2D eigenvalue weighted by molar-refractivity contribution is 7.92. The predicted octanol–water partition coefficient (Wildman–Crippen LogP) is 4.72. The Morgan fingerprint density at radius 3 is 2.12 bits per heavy atom. The Balaban J connectivity index is 1.82. The number of likely N-dealkylation sites (N-methyl/N-ethyl adjacent to an activating group) is 1. The van der Waals surface area contributed by atoms with E-state index < -0.39 is 40.2 Å². The van der Waals surface area contributed by atoms with Gasteiger partial charge in [0.05, 0.1) is 17.7 Å². The molecular formula is C33H34FN3O5S. The summed E-state index contributed by atoms with van der Waals surface area (Å²) in [7, 11) is -1.37. The number of carbonyl (C=O) groups is 2. The Morgan fingerprint density at radius 2 is 1.51 bits per heavy atom. The highest BCUT2D eigenvalue weighted by Crippen LogP contribution is 2.34. The van der Waals surface area contributed by atoms with Gasteiger partial charge in [0.2, 0.25) is 11.8 Å². The van der Waals surface area contributed by atoms with E-state index >= 15 is 0 Å². The third-order valence-corrected chi connectivity index (χ3v) is 8.77. The maximum atomic E-state index is 14.3. The Morgan fingerprint density at radius 1 is 0.884 bits per heavy atom. The Kier molecular flexibility index (Phi) is 10.2. The SMILES string of the molecule is CNC(=O)C(Cc1ccccc1)N(Cc1ccc(F)cc1)C(=O)CN(c1cc(C)ccc1OC)S(=O)(=O)c1ccccc1. The number of anilines is 1. The van der Waals surface area contributed by atoms with Crippen LogP contribution in [0.3, 0.4) is 0 Å². The number of benzene rings is 4. The number of carbonyl (C=O) groups excluding carboxylic acids is 2. The van der Waals surface area contributed by atoms with Gasteiger partial charge in [0, 0.05) is 20.0 Å². The summed E-state index contributed by atoms with van der Waals surface area (Å²) in [6.45, 7) is 1.12. The van der Waals surface area contributed by atoms with Crippen LogP contribution in [0.25, 0.3) is 0 Å². The van der Waals surface area contributed by atoms with E-state index in [2.05, 4.69) is 5.32 Å². The molecule has 2 amide bonds. The zero-order valence-electron chi connectivity index (χ0n) is 24.2.